The molecule has 1 unspecified atom stereocenters. The smallest absolute Gasteiger partial charge is 0.226 e. The molecule has 4 nitrogen and oxygen atoms in total. The summed E-state index contributed by atoms with van der Waals surface area (Å²) in [6.45, 7) is 12.9. The summed E-state index contributed by atoms with van der Waals surface area (Å²) < 4.78 is 0. The van der Waals surface area contributed by atoms with Crippen LogP contribution in [0.15, 0.2) is 0 Å². The van der Waals surface area contributed by atoms with Crippen molar-refractivity contribution in [3.8, 4) is 0 Å². The van der Waals surface area contributed by atoms with E-state index < -0.39 is 0 Å². The molecule has 2 N–H and O–H groups in total. The van der Waals surface area contributed by atoms with Crippen LogP contribution in [0.5, 0.6) is 0 Å². The van der Waals surface area contributed by atoms with E-state index in [9.17, 15) is 4.79 Å². The second-order valence-corrected chi connectivity index (χ2v) is 6.81. The van der Waals surface area contributed by atoms with Crippen molar-refractivity contribution in [1.29, 1.82) is 0 Å². The minimum absolute atomic E-state index is 0.106. The molecule has 4 heteroatoms. The summed E-state index contributed by atoms with van der Waals surface area (Å²) in [7, 11) is 1.71. The molecule has 0 aliphatic carbocycles. The van der Waals surface area contributed by atoms with E-state index in [2.05, 4.69) is 29.4 Å². The Balaban J connectivity index is 2.33. The van der Waals surface area contributed by atoms with E-state index in [1.165, 1.54) is 38.9 Å². The second-order valence-electron chi connectivity index (χ2n) is 6.81. The number of rotatable bonds is 7. The first-order chi connectivity index (χ1) is 9.40. The van der Waals surface area contributed by atoms with Gasteiger partial charge in [0.2, 0.25) is 5.91 Å². The summed E-state index contributed by atoms with van der Waals surface area (Å²) in [6, 6.07) is 0.489. The van der Waals surface area contributed by atoms with Gasteiger partial charge in [0, 0.05) is 19.6 Å². The minimum atomic E-state index is -0.341. The number of likely N-dealkylation sites (tertiary alicyclic amines) is 1. The molecule has 0 radical (unpaired) electrons. The maximum Gasteiger partial charge on any atom is 0.226 e. The SMILES string of the molecule is CCCN1CCC(C(C)NCC(C)(C)C(=O)NC)CC1. The summed E-state index contributed by atoms with van der Waals surface area (Å²) in [4.78, 5) is 14.3. The third kappa shape index (κ3) is 5.06. The van der Waals surface area contributed by atoms with Gasteiger partial charge in [-0.1, -0.05) is 6.92 Å². The molecule has 1 atom stereocenters. The van der Waals surface area contributed by atoms with Gasteiger partial charge >= 0.3 is 0 Å². The molecule has 0 aromatic carbocycles. The average molecular weight is 283 g/mol. The molecular formula is C16H33N3O. The molecule has 0 saturated carbocycles. The Bertz CT molecular complexity index is 296. The Hall–Kier alpha value is -0.610. The first-order valence-electron chi connectivity index (χ1n) is 8.08. The lowest BCUT2D eigenvalue weighted by Gasteiger charge is -2.36. The maximum absolute atomic E-state index is 11.8. The first kappa shape index (κ1) is 17.4. The van der Waals surface area contributed by atoms with Crippen LogP contribution in [-0.2, 0) is 4.79 Å². The van der Waals surface area contributed by atoms with Gasteiger partial charge in [0.25, 0.3) is 0 Å². The highest BCUT2D eigenvalue weighted by molar-refractivity contribution is 5.81. The molecule has 0 spiro atoms. The van der Waals surface area contributed by atoms with Crippen molar-refractivity contribution in [3.05, 3.63) is 0 Å². The summed E-state index contributed by atoms with van der Waals surface area (Å²) in [6.07, 6.45) is 3.79. The number of nitrogens with zero attached hydrogens (tertiary/aromatic N) is 1. The van der Waals surface area contributed by atoms with Gasteiger partial charge in [-0.2, -0.15) is 0 Å². The van der Waals surface area contributed by atoms with Crippen LogP contribution in [0.2, 0.25) is 0 Å². The zero-order chi connectivity index (χ0) is 15.2. The van der Waals surface area contributed by atoms with Crippen LogP contribution in [0.4, 0.5) is 0 Å². The lowest BCUT2D eigenvalue weighted by molar-refractivity contribution is -0.128. The average Bonchev–Trinajstić information content (AvgIpc) is 2.45. The summed E-state index contributed by atoms with van der Waals surface area (Å²) in [5.41, 5.74) is -0.341. The molecule has 1 aliphatic rings. The van der Waals surface area contributed by atoms with Gasteiger partial charge in [-0.25, -0.2) is 0 Å². The molecule has 1 rings (SSSR count). The van der Waals surface area contributed by atoms with Crippen LogP contribution < -0.4 is 10.6 Å². The molecule has 118 valence electrons. The highest BCUT2D eigenvalue weighted by atomic mass is 16.2. The largest absolute Gasteiger partial charge is 0.359 e. The van der Waals surface area contributed by atoms with Gasteiger partial charge in [-0.3, -0.25) is 4.79 Å². The van der Waals surface area contributed by atoms with Crippen molar-refractivity contribution in [1.82, 2.24) is 15.5 Å². The van der Waals surface area contributed by atoms with E-state index in [4.69, 9.17) is 0 Å². The number of hydrogen-bond acceptors (Lipinski definition) is 3. The van der Waals surface area contributed by atoms with Crippen molar-refractivity contribution < 1.29 is 4.79 Å². The zero-order valence-corrected chi connectivity index (χ0v) is 14.0. The number of carbonyl (C=O) groups is 1. The summed E-state index contributed by atoms with van der Waals surface area (Å²) in [5.74, 6) is 0.846. The molecule has 0 bridgehead atoms. The van der Waals surface area contributed by atoms with Gasteiger partial charge < -0.3 is 15.5 Å². The van der Waals surface area contributed by atoms with Crippen molar-refractivity contribution in [3.63, 3.8) is 0 Å². The molecule has 20 heavy (non-hydrogen) atoms. The van der Waals surface area contributed by atoms with Crippen molar-refractivity contribution in [2.75, 3.05) is 33.2 Å². The molecule has 0 aromatic rings. The van der Waals surface area contributed by atoms with Crippen molar-refractivity contribution in [2.24, 2.45) is 11.3 Å². The number of hydrogen-bond donors (Lipinski definition) is 2. The van der Waals surface area contributed by atoms with Gasteiger partial charge in [0.15, 0.2) is 0 Å². The van der Waals surface area contributed by atoms with Gasteiger partial charge in [-0.15, -0.1) is 0 Å². The lowest BCUT2D eigenvalue weighted by atomic mass is 9.88. The van der Waals surface area contributed by atoms with Gasteiger partial charge in [-0.05, 0) is 65.6 Å². The van der Waals surface area contributed by atoms with Crippen LogP contribution in [0, 0.1) is 11.3 Å². The topological polar surface area (TPSA) is 44.4 Å². The molecule has 1 saturated heterocycles. The van der Waals surface area contributed by atoms with E-state index in [0.717, 1.165) is 12.5 Å². The molecule has 0 aromatic heterocycles. The lowest BCUT2D eigenvalue weighted by Crippen LogP contribution is -2.48. The predicted octanol–water partition coefficient (Wildman–Crippen LogP) is 1.86. The molecule has 1 aliphatic heterocycles. The highest BCUT2D eigenvalue weighted by Gasteiger charge is 2.29. The number of piperidine rings is 1. The quantitative estimate of drug-likeness (QED) is 0.749. The van der Waals surface area contributed by atoms with Crippen LogP contribution in [-0.4, -0.2) is 50.1 Å². The monoisotopic (exact) mass is 283 g/mol. The number of nitrogens with one attached hydrogen (secondary N) is 2. The predicted molar refractivity (Wildman–Crippen MR) is 84.8 cm³/mol. The van der Waals surface area contributed by atoms with E-state index in [0.29, 0.717) is 6.04 Å². The van der Waals surface area contributed by atoms with E-state index >= 15 is 0 Å². The van der Waals surface area contributed by atoms with Crippen LogP contribution in [0.3, 0.4) is 0 Å². The first-order valence-corrected chi connectivity index (χ1v) is 8.08. The Morgan fingerprint density at radius 3 is 2.45 bits per heavy atom. The van der Waals surface area contributed by atoms with Crippen molar-refractivity contribution >= 4 is 5.91 Å². The molecule has 1 amide bonds. The van der Waals surface area contributed by atoms with E-state index in [-0.39, 0.29) is 11.3 Å². The Morgan fingerprint density at radius 2 is 1.95 bits per heavy atom. The van der Waals surface area contributed by atoms with Crippen molar-refractivity contribution in [2.45, 2.75) is 53.0 Å². The minimum Gasteiger partial charge on any atom is -0.359 e. The normalized spacial score (nSPS) is 19.9. The van der Waals surface area contributed by atoms with E-state index in [1.807, 2.05) is 13.8 Å². The van der Waals surface area contributed by atoms with E-state index in [1.54, 1.807) is 7.05 Å². The van der Waals surface area contributed by atoms with Crippen LogP contribution in [0.25, 0.3) is 0 Å². The fourth-order valence-electron chi connectivity index (χ4n) is 2.99. The summed E-state index contributed by atoms with van der Waals surface area (Å²) >= 11 is 0. The molecule has 1 fully saturated rings. The van der Waals surface area contributed by atoms with Crippen LogP contribution >= 0.6 is 0 Å². The van der Waals surface area contributed by atoms with Gasteiger partial charge in [0.05, 0.1) is 5.41 Å². The van der Waals surface area contributed by atoms with Gasteiger partial charge in [0.1, 0.15) is 0 Å². The Morgan fingerprint density at radius 1 is 1.35 bits per heavy atom. The number of amides is 1. The second kappa shape index (κ2) is 7.99. The maximum atomic E-state index is 11.8. The van der Waals surface area contributed by atoms with Crippen LogP contribution in [0.1, 0.15) is 47.0 Å². The Labute approximate surface area is 124 Å². The Kier molecular flexibility index (Phi) is 6.96. The fourth-order valence-corrected chi connectivity index (χ4v) is 2.99. The highest BCUT2D eigenvalue weighted by Crippen LogP contribution is 2.22. The molecular weight excluding hydrogens is 250 g/mol. The fraction of sp³-hybridized carbons (Fsp3) is 0.938. The third-order valence-corrected chi connectivity index (χ3v) is 4.59. The standard InChI is InChI=1S/C16H33N3O/c1-6-9-19-10-7-14(8-11-19)13(2)18-12-16(3,4)15(20)17-5/h13-14,18H,6-12H2,1-5H3,(H,17,20). The molecule has 1 heterocycles. The third-order valence-electron chi connectivity index (χ3n) is 4.59. The zero-order valence-electron chi connectivity index (χ0n) is 14.0. The number of carbonyl (C=O) groups excluding carboxylic acids is 1. The summed E-state index contributed by atoms with van der Waals surface area (Å²) in [5, 5.41) is 6.32.